The predicted octanol–water partition coefficient (Wildman–Crippen LogP) is 2.74. The van der Waals surface area contributed by atoms with Gasteiger partial charge in [-0.05, 0) is 87.2 Å². The van der Waals surface area contributed by atoms with Crippen LogP contribution >= 0.6 is 12.4 Å². The van der Waals surface area contributed by atoms with Crippen molar-refractivity contribution >= 4 is 18.4 Å². The Balaban J connectivity index is 0.00000240. The van der Waals surface area contributed by atoms with Crippen LogP contribution in [0.4, 0.5) is 0 Å². The first kappa shape index (κ1) is 21.6. The number of rotatable bonds is 5. The maximum atomic E-state index is 13.0. The Bertz CT molecular complexity index is 900. The van der Waals surface area contributed by atoms with E-state index in [1.165, 1.54) is 11.1 Å². The SMILES string of the molecule is Cl.O=C(O)CC[C@H]1CC[C@H](n2ncn(-c3ccc4c(c3)CCNCC4)c2=O)CC1. The second kappa shape index (κ2) is 9.59. The van der Waals surface area contributed by atoms with Gasteiger partial charge in [0.1, 0.15) is 6.33 Å². The van der Waals surface area contributed by atoms with Crippen molar-refractivity contribution in [1.29, 1.82) is 0 Å². The Kier molecular flexibility index (Phi) is 7.14. The maximum Gasteiger partial charge on any atom is 0.350 e. The van der Waals surface area contributed by atoms with Gasteiger partial charge in [0, 0.05) is 6.42 Å². The van der Waals surface area contributed by atoms with Crippen LogP contribution in [0.1, 0.15) is 55.7 Å². The van der Waals surface area contributed by atoms with Gasteiger partial charge in [-0.15, -0.1) is 12.4 Å². The number of benzene rings is 1. The highest BCUT2D eigenvalue weighted by atomic mass is 35.5. The number of hydrogen-bond donors (Lipinski definition) is 2. The Morgan fingerprint density at radius 1 is 1.14 bits per heavy atom. The third-order valence-corrected chi connectivity index (χ3v) is 6.23. The predicted molar refractivity (Wildman–Crippen MR) is 113 cm³/mol. The van der Waals surface area contributed by atoms with Crippen LogP contribution < -0.4 is 11.0 Å². The van der Waals surface area contributed by atoms with Crippen LogP contribution in [-0.2, 0) is 17.6 Å². The molecule has 1 saturated carbocycles. The van der Waals surface area contributed by atoms with Crippen LogP contribution in [0.15, 0.2) is 29.3 Å². The molecule has 4 rings (SSSR count). The fraction of sp³-hybridized carbons (Fsp3) is 0.571. The number of hydrogen-bond acceptors (Lipinski definition) is 4. The first-order valence-corrected chi connectivity index (χ1v) is 10.3. The molecule has 1 aliphatic carbocycles. The molecule has 2 aromatic rings. The average molecular weight is 421 g/mol. The van der Waals surface area contributed by atoms with E-state index < -0.39 is 5.97 Å². The second-order valence-electron chi connectivity index (χ2n) is 8.04. The number of carboxylic acid groups (broad SMARTS) is 1. The lowest BCUT2D eigenvalue weighted by atomic mass is 9.83. The monoisotopic (exact) mass is 420 g/mol. The molecule has 8 heteroatoms. The van der Waals surface area contributed by atoms with Crippen LogP contribution in [0.3, 0.4) is 0 Å². The highest BCUT2D eigenvalue weighted by Gasteiger charge is 2.25. The largest absolute Gasteiger partial charge is 0.481 e. The van der Waals surface area contributed by atoms with Gasteiger partial charge in [0.15, 0.2) is 0 Å². The molecule has 2 heterocycles. The molecule has 0 bridgehead atoms. The average Bonchev–Trinajstić information content (AvgIpc) is 2.93. The quantitative estimate of drug-likeness (QED) is 0.776. The molecule has 2 aliphatic rings. The number of aliphatic carboxylic acids is 1. The number of fused-ring (bicyclic) bond motifs is 1. The van der Waals surface area contributed by atoms with Gasteiger partial charge in [-0.1, -0.05) is 6.07 Å². The summed E-state index contributed by atoms with van der Waals surface area (Å²) < 4.78 is 3.27. The zero-order valence-electron chi connectivity index (χ0n) is 16.5. The summed E-state index contributed by atoms with van der Waals surface area (Å²) in [5.74, 6) is -0.281. The molecule has 1 aliphatic heterocycles. The van der Waals surface area contributed by atoms with Crippen molar-refractivity contribution in [1.82, 2.24) is 19.7 Å². The smallest absolute Gasteiger partial charge is 0.350 e. The van der Waals surface area contributed by atoms with E-state index in [0.717, 1.165) is 63.7 Å². The number of carbonyl (C=O) groups is 1. The van der Waals surface area contributed by atoms with Crippen molar-refractivity contribution in [3.05, 3.63) is 46.1 Å². The summed E-state index contributed by atoms with van der Waals surface area (Å²) in [5, 5.41) is 16.7. The Labute approximate surface area is 176 Å². The Hall–Kier alpha value is -2.12. The summed E-state index contributed by atoms with van der Waals surface area (Å²) in [6.45, 7) is 1.97. The Morgan fingerprint density at radius 2 is 1.86 bits per heavy atom. The molecular formula is C21H29ClN4O3. The van der Waals surface area contributed by atoms with Crippen LogP contribution in [-0.4, -0.2) is 38.5 Å². The molecule has 0 atom stereocenters. The molecule has 0 saturated heterocycles. The van der Waals surface area contributed by atoms with Crippen molar-refractivity contribution in [2.24, 2.45) is 5.92 Å². The maximum absolute atomic E-state index is 13.0. The summed E-state index contributed by atoms with van der Waals surface area (Å²) in [6.07, 6.45) is 8.30. The summed E-state index contributed by atoms with van der Waals surface area (Å²) in [4.78, 5) is 23.7. The van der Waals surface area contributed by atoms with Crippen molar-refractivity contribution in [2.75, 3.05) is 13.1 Å². The van der Waals surface area contributed by atoms with Crippen molar-refractivity contribution in [2.45, 2.75) is 57.4 Å². The summed E-state index contributed by atoms with van der Waals surface area (Å²) >= 11 is 0. The van der Waals surface area contributed by atoms with Crippen LogP contribution in [0, 0.1) is 5.92 Å². The third-order valence-electron chi connectivity index (χ3n) is 6.23. The highest BCUT2D eigenvalue weighted by molar-refractivity contribution is 5.85. The summed E-state index contributed by atoms with van der Waals surface area (Å²) in [7, 11) is 0. The van der Waals surface area contributed by atoms with E-state index in [4.69, 9.17) is 5.11 Å². The van der Waals surface area contributed by atoms with Gasteiger partial charge in [-0.25, -0.2) is 14.0 Å². The summed E-state index contributed by atoms with van der Waals surface area (Å²) in [5.41, 5.74) is 3.46. The number of carboxylic acids is 1. The molecule has 0 radical (unpaired) electrons. The minimum atomic E-state index is -0.728. The van der Waals surface area contributed by atoms with Gasteiger partial charge < -0.3 is 10.4 Å². The lowest BCUT2D eigenvalue weighted by Crippen LogP contribution is -2.30. The van der Waals surface area contributed by atoms with Crippen molar-refractivity contribution < 1.29 is 9.90 Å². The molecule has 29 heavy (non-hydrogen) atoms. The van der Waals surface area contributed by atoms with E-state index in [2.05, 4.69) is 22.5 Å². The fourth-order valence-corrected chi connectivity index (χ4v) is 4.56. The van der Waals surface area contributed by atoms with E-state index >= 15 is 0 Å². The van der Waals surface area contributed by atoms with Crippen LogP contribution in [0.25, 0.3) is 5.69 Å². The molecule has 1 aromatic heterocycles. The van der Waals surface area contributed by atoms with Crippen LogP contribution in [0.2, 0.25) is 0 Å². The van der Waals surface area contributed by atoms with E-state index in [0.29, 0.717) is 5.92 Å². The van der Waals surface area contributed by atoms with Crippen LogP contribution in [0.5, 0.6) is 0 Å². The van der Waals surface area contributed by atoms with Gasteiger partial charge in [-0.3, -0.25) is 4.79 Å². The minimum absolute atomic E-state index is 0. The highest BCUT2D eigenvalue weighted by Crippen LogP contribution is 2.33. The topological polar surface area (TPSA) is 89.2 Å². The number of aromatic nitrogens is 3. The standard InChI is InChI=1S/C21H28N4O3.ClH/c26-20(27)8-3-15-1-5-18(6-2-15)25-21(28)24(14-23-25)19-7-4-16-9-11-22-12-10-17(16)13-19;/h4,7,13-15,18,22H,1-3,5-6,8-12H2,(H,26,27);1H/t15-,18-;. The molecule has 2 N–H and O–H groups in total. The number of nitrogens with one attached hydrogen (secondary N) is 1. The normalized spacial score (nSPS) is 21.7. The zero-order valence-corrected chi connectivity index (χ0v) is 17.4. The summed E-state index contributed by atoms with van der Waals surface area (Å²) in [6, 6.07) is 6.38. The zero-order chi connectivity index (χ0) is 19.5. The molecule has 0 unspecified atom stereocenters. The van der Waals surface area contributed by atoms with E-state index in [1.807, 2.05) is 6.07 Å². The first-order valence-electron chi connectivity index (χ1n) is 10.3. The second-order valence-corrected chi connectivity index (χ2v) is 8.04. The first-order chi connectivity index (χ1) is 13.6. The van der Waals surface area contributed by atoms with E-state index in [-0.39, 0.29) is 30.6 Å². The number of nitrogens with zero attached hydrogens (tertiary/aromatic N) is 3. The minimum Gasteiger partial charge on any atom is -0.481 e. The lowest BCUT2D eigenvalue weighted by Gasteiger charge is -2.27. The van der Waals surface area contributed by atoms with E-state index in [1.54, 1.807) is 15.6 Å². The molecular weight excluding hydrogens is 392 g/mol. The lowest BCUT2D eigenvalue weighted by molar-refractivity contribution is -0.137. The Morgan fingerprint density at radius 3 is 2.59 bits per heavy atom. The molecule has 7 nitrogen and oxygen atoms in total. The molecule has 158 valence electrons. The molecule has 0 amide bonds. The molecule has 1 aromatic carbocycles. The molecule has 1 fully saturated rings. The van der Waals surface area contributed by atoms with Gasteiger partial charge in [0.05, 0.1) is 11.7 Å². The van der Waals surface area contributed by atoms with Crippen molar-refractivity contribution in [3.8, 4) is 5.69 Å². The van der Waals surface area contributed by atoms with Gasteiger partial charge in [0.2, 0.25) is 0 Å². The molecule has 0 spiro atoms. The van der Waals surface area contributed by atoms with E-state index in [9.17, 15) is 9.59 Å². The van der Waals surface area contributed by atoms with Gasteiger partial charge in [0.25, 0.3) is 0 Å². The number of halogens is 1. The fourth-order valence-electron chi connectivity index (χ4n) is 4.56. The van der Waals surface area contributed by atoms with Crippen molar-refractivity contribution in [3.63, 3.8) is 0 Å². The van der Waals surface area contributed by atoms with Gasteiger partial charge >= 0.3 is 11.7 Å². The third kappa shape index (κ3) is 4.90. The van der Waals surface area contributed by atoms with Gasteiger partial charge in [-0.2, -0.15) is 5.10 Å².